The Bertz CT molecular complexity index is 398. The Balaban J connectivity index is 2.91. The van der Waals surface area contributed by atoms with Crippen LogP contribution < -0.4 is 10.1 Å². The van der Waals surface area contributed by atoms with Crippen LogP contribution in [-0.2, 0) is 0 Å². The van der Waals surface area contributed by atoms with E-state index in [1.807, 2.05) is 12.1 Å². The summed E-state index contributed by atoms with van der Waals surface area (Å²) < 4.78 is 5.46. The van der Waals surface area contributed by atoms with Crippen LogP contribution in [0.4, 0.5) is 0 Å². The first-order chi connectivity index (χ1) is 8.87. The predicted molar refractivity (Wildman–Crippen MR) is 83.1 cm³/mol. The largest absolute Gasteiger partial charge is 0.496 e. The first-order valence-corrected chi connectivity index (χ1v) is 7.32. The molecule has 19 heavy (non-hydrogen) atoms. The topological polar surface area (TPSA) is 21.3 Å². The van der Waals surface area contributed by atoms with Crippen LogP contribution in [-0.4, -0.2) is 13.7 Å². The number of hydrogen-bond donors (Lipinski definition) is 1. The zero-order valence-corrected chi connectivity index (χ0v) is 13.5. The highest BCUT2D eigenvalue weighted by molar-refractivity contribution is 6.30. The molecule has 0 amide bonds. The minimum absolute atomic E-state index is 0.316. The zero-order valence-electron chi connectivity index (χ0n) is 12.7. The van der Waals surface area contributed by atoms with E-state index in [2.05, 4.69) is 39.1 Å². The third kappa shape index (κ3) is 5.42. The molecule has 1 unspecified atom stereocenters. The van der Waals surface area contributed by atoms with Crippen LogP contribution in [0, 0.1) is 5.41 Å². The number of benzene rings is 1. The van der Waals surface area contributed by atoms with Gasteiger partial charge in [-0.15, -0.1) is 0 Å². The molecule has 0 bridgehead atoms. The van der Waals surface area contributed by atoms with Crippen molar-refractivity contribution in [1.82, 2.24) is 5.32 Å². The van der Waals surface area contributed by atoms with E-state index in [1.54, 1.807) is 7.11 Å². The van der Waals surface area contributed by atoms with Crippen LogP contribution in [0.2, 0.25) is 5.02 Å². The summed E-state index contributed by atoms with van der Waals surface area (Å²) in [4.78, 5) is 0. The lowest BCUT2D eigenvalue weighted by Crippen LogP contribution is -2.23. The Morgan fingerprint density at radius 2 is 2.00 bits per heavy atom. The Morgan fingerprint density at radius 1 is 1.32 bits per heavy atom. The third-order valence-corrected chi connectivity index (χ3v) is 3.44. The summed E-state index contributed by atoms with van der Waals surface area (Å²) in [6.07, 6.45) is 2.26. The average Bonchev–Trinajstić information content (AvgIpc) is 2.33. The quantitative estimate of drug-likeness (QED) is 0.808. The van der Waals surface area contributed by atoms with Gasteiger partial charge in [-0.05, 0) is 36.9 Å². The molecule has 0 heterocycles. The molecular weight excluding hydrogens is 258 g/mol. The summed E-state index contributed by atoms with van der Waals surface area (Å²) in [6.45, 7) is 9.90. The first-order valence-electron chi connectivity index (χ1n) is 6.94. The highest BCUT2D eigenvalue weighted by atomic mass is 35.5. The zero-order chi connectivity index (χ0) is 14.5. The van der Waals surface area contributed by atoms with E-state index in [-0.39, 0.29) is 0 Å². The molecule has 0 aliphatic heterocycles. The van der Waals surface area contributed by atoms with Gasteiger partial charge in [0.1, 0.15) is 5.75 Å². The van der Waals surface area contributed by atoms with Gasteiger partial charge in [0.2, 0.25) is 0 Å². The fourth-order valence-electron chi connectivity index (χ4n) is 2.16. The molecule has 0 fully saturated rings. The molecule has 0 aliphatic rings. The maximum atomic E-state index is 6.03. The van der Waals surface area contributed by atoms with E-state index in [1.165, 1.54) is 5.56 Å². The Labute approximate surface area is 122 Å². The van der Waals surface area contributed by atoms with Crippen molar-refractivity contribution in [3.63, 3.8) is 0 Å². The van der Waals surface area contributed by atoms with Crippen LogP contribution in [0.3, 0.4) is 0 Å². The fourth-order valence-corrected chi connectivity index (χ4v) is 2.33. The normalized spacial score (nSPS) is 13.4. The van der Waals surface area contributed by atoms with Gasteiger partial charge in [0.05, 0.1) is 7.11 Å². The average molecular weight is 284 g/mol. The van der Waals surface area contributed by atoms with Crippen LogP contribution in [0.25, 0.3) is 0 Å². The number of hydrogen-bond acceptors (Lipinski definition) is 2. The van der Waals surface area contributed by atoms with Gasteiger partial charge in [-0.25, -0.2) is 0 Å². The van der Waals surface area contributed by atoms with Gasteiger partial charge < -0.3 is 10.1 Å². The van der Waals surface area contributed by atoms with E-state index in [4.69, 9.17) is 16.3 Å². The van der Waals surface area contributed by atoms with Crippen molar-refractivity contribution in [2.45, 2.75) is 46.6 Å². The SMILES string of the molecule is CCNC(CCC(C)(C)C)c1ccc(Cl)cc1OC. The maximum Gasteiger partial charge on any atom is 0.125 e. The third-order valence-electron chi connectivity index (χ3n) is 3.20. The number of methoxy groups -OCH3 is 1. The summed E-state index contributed by atoms with van der Waals surface area (Å²) in [5.41, 5.74) is 1.53. The highest BCUT2D eigenvalue weighted by Crippen LogP contribution is 2.33. The molecule has 0 radical (unpaired) electrons. The standard InChI is InChI=1S/C16H26ClNO/c1-6-18-14(9-10-16(2,3)4)13-8-7-12(17)11-15(13)19-5/h7-8,11,14,18H,6,9-10H2,1-5H3. The maximum absolute atomic E-state index is 6.03. The molecule has 1 rings (SSSR count). The second kappa shape index (κ2) is 7.16. The van der Waals surface area contributed by atoms with Gasteiger partial charge in [-0.1, -0.05) is 45.4 Å². The van der Waals surface area contributed by atoms with Crippen LogP contribution >= 0.6 is 11.6 Å². The molecule has 0 aromatic heterocycles. The van der Waals surface area contributed by atoms with Crippen molar-refractivity contribution in [2.24, 2.45) is 5.41 Å². The van der Waals surface area contributed by atoms with E-state index < -0.39 is 0 Å². The number of rotatable bonds is 6. The lowest BCUT2D eigenvalue weighted by atomic mass is 9.87. The van der Waals surface area contributed by atoms with Crippen molar-refractivity contribution < 1.29 is 4.74 Å². The molecule has 0 saturated carbocycles. The molecule has 0 aliphatic carbocycles. The molecule has 1 aromatic carbocycles. The molecule has 1 aromatic rings. The van der Waals surface area contributed by atoms with Crippen LogP contribution in [0.1, 0.15) is 52.1 Å². The second-order valence-corrected chi connectivity index (χ2v) is 6.53. The van der Waals surface area contributed by atoms with Crippen molar-refractivity contribution in [2.75, 3.05) is 13.7 Å². The summed E-state index contributed by atoms with van der Waals surface area (Å²) in [6, 6.07) is 6.20. The lowest BCUT2D eigenvalue weighted by molar-refractivity contribution is 0.327. The van der Waals surface area contributed by atoms with E-state index >= 15 is 0 Å². The van der Waals surface area contributed by atoms with Gasteiger partial charge in [-0.2, -0.15) is 0 Å². The number of ether oxygens (including phenoxy) is 1. The molecule has 1 N–H and O–H groups in total. The molecular formula is C16H26ClNO. The van der Waals surface area contributed by atoms with E-state index in [0.29, 0.717) is 16.5 Å². The van der Waals surface area contributed by atoms with Crippen molar-refractivity contribution in [3.8, 4) is 5.75 Å². The van der Waals surface area contributed by atoms with Crippen LogP contribution in [0.5, 0.6) is 5.75 Å². The molecule has 108 valence electrons. The molecule has 3 heteroatoms. The molecule has 1 atom stereocenters. The summed E-state index contributed by atoms with van der Waals surface area (Å²) in [5, 5.41) is 4.26. The highest BCUT2D eigenvalue weighted by Gasteiger charge is 2.19. The molecule has 0 spiro atoms. The summed E-state index contributed by atoms with van der Waals surface area (Å²) in [7, 11) is 1.70. The van der Waals surface area contributed by atoms with Gasteiger partial charge in [0, 0.05) is 16.6 Å². The number of nitrogens with one attached hydrogen (secondary N) is 1. The Morgan fingerprint density at radius 3 is 2.53 bits per heavy atom. The smallest absolute Gasteiger partial charge is 0.125 e. The van der Waals surface area contributed by atoms with Crippen molar-refractivity contribution >= 4 is 11.6 Å². The fraction of sp³-hybridized carbons (Fsp3) is 0.625. The Hall–Kier alpha value is -0.730. The lowest BCUT2D eigenvalue weighted by Gasteiger charge is -2.25. The summed E-state index contributed by atoms with van der Waals surface area (Å²) in [5.74, 6) is 0.868. The Kier molecular flexibility index (Phi) is 6.15. The van der Waals surface area contributed by atoms with Crippen molar-refractivity contribution in [1.29, 1.82) is 0 Å². The van der Waals surface area contributed by atoms with Gasteiger partial charge >= 0.3 is 0 Å². The second-order valence-electron chi connectivity index (χ2n) is 6.10. The van der Waals surface area contributed by atoms with E-state index in [0.717, 1.165) is 25.1 Å². The minimum Gasteiger partial charge on any atom is -0.496 e. The minimum atomic E-state index is 0.316. The van der Waals surface area contributed by atoms with E-state index in [9.17, 15) is 0 Å². The monoisotopic (exact) mass is 283 g/mol. The molecule has 2 nitrogen and oxygen atoms in total. The van der Waals surface area contributed by atoms with Gasteiger partial charge in [0.25, 0.3) is 0 Å². The molecule has 0 saturated heterocycles. The predicted octanol–water partition coefficient (Wildman–Crippen LogP) is 4.83. The van der Waals surface area contributed by atoms with Crippen molar-refractivity contribution in [3.05, 3.63) is 28.8 Å². The van der Waals surface area contributed by atoms with Crippen LogP contribution in [0.15, 0.2) is 18.2 Å². The first kappa shape index (κ1) is 16.3. The van der Waals surface area contributed by atoms with Gasteiger partial charge in [0.15, 0.2) is 0 Å². The number of halogens is 1. The summed E-state index contributed by atoms with van der Waals surface area (Å²) >= 11 is 6.03. The van der Waals surface area contributed by atoms with Gasteiger partial charge in [-0.3, -0.25) is 0 Å².